The Labute approximate surface area is 136 Å². The first-order valence-electron chi connectivity index (χ1n) is 7.60. The second kappa shape index (κ2) is 7.61. The van der Waals surface area contributed by atoms with Crippen molar-refractivity contribution >= 4 is 23.5 Å². The van der Waals surface area contributed by atoms with Crippen LogP contribution in [-0.2, 0) is 4.79 Å². The van der Waals surface area contributed by atoms with Crippen molar-refractivity contribution in [3.63, 3.8) is 0 Å². The lowest BCUT2D eigenvalue weighted by Crippen LogP contribution is -2.45. The maximum absolute atomic E-state index is 12.0. The van der Waals surface area contributed by atoms with Gasteiger partial charge in [0.2, 0.25) is 5.91 Å². The zero-order chi connectivity index (χ0) is 16.1. The molecule has 1 aliphatic carbocycles. The van der Waals surface area contributed by atoms with E-state index in [9.17, 15) is 9.59 Å². The highest BCUT2D eigenvalue weighted by molar-refractivity contribution is 6.31. The molecule has 1 aromatic rings. The standard InChI is InChI=1S/C16H22ClN3O2/c1-3-18-16(22)19-15(21)10-20(12-8-9-12)11(2)13-6-4-5-7-14(13)17/h4-7,11-12H,3,8-10H2,1-2H3,(H2,18,19,21,22). The van der Waals surface area contributed by atoms with Crippen LogP contribution >= 0.6 is 11.6 Å². The topological polar surface area (TPSA) is 61.4 Å². The first kappa shape index (κ1) is 16.8. The quantitative estimate of drug-likeness (QED) is 0.846. The van der Waals surface area contributed by atoms with Crippen LogP contribution in [0.15, 0.2) is 24.3 Å². The third-order valence-electron chi connectivity index (χ3n) is 3.79. The van der Waals surface area contributed by atoms with Crippen LogP contribution in [0.1, 0.15) is 38.3 Å². The van der Waals surface area contributed by atoms with Crippen LogP contribution in [0.4, 0.5) is 4.79 Å². The molecule has 5 nitrogen and oxygen atoms in total. The lowest BCUT2D eigenvalue weighted by molar-refractivity contribution is -0.121. The van der Waals surface area contributed by atoms with E-state index >= 15 is 0 Å². The molecule has 1 aromatic carbocycles. The summed E-state index contributed by atoms with van der Waals surface area (Å²) in [5, 5.41) is 5.60. The van der Waals surface area contributed by atoms with Gasteiger partial charge in [0.1, 0.15) is 0 Å². The van der Waals surface area contributed by atoms with Gasteiger partial charge in [0.15, 0.2) is 0 Å². The first-order chi connectivity index (χ1) is 10.5. The number of amides is 3. The summed E-state index contributed by atoms with van der Waals surface area (Å²) < 4.78 is 0. The SMILES string of the molecule is CCNC(=O)NC(=O)CN(C1CC1)C(C)c1ccccc1Cl. The van der Waals surface area contributed by atoms with Gasteiger partial charge >= 0.3 is 6.03 Å². The molecule has 0 heterocycles. The van der Waals surface area contributed by atoms with Crippen LogP contribution in [0, 0.1) is 0 Å². The van der Waals surface area contributed by atoms with Gasteiger partial charge in [-0.3, -0.25) is 15.0 Å². The highest BCUT2D eigenvalue weighted by Gasteiger charge is 2.34. The number of carbonyl (C=O) groups is 2. The maximum atomic E-state index is 12.0. The van der Waals surface area contributed by atoms with E-state index < -0.39 is 6.03 Å². The van der Waals surface area contributed by atoms with E-state index in [0.717, 1.165) is 18.4 Å². The Morgan fingerprint density at radius 1 is 1.36 bits per heavy atom. The second-order valence-electron chi connectivity index (χ2n) is 5.51. The van der Waals surface area contributed by atoms with Crippen LogP contribution in [0.5, 0.6) is 0 Å². The van der Waals surface area contributed by atoms with Gasteiger partial charge in [0.25, 0.3) is 0 Å². The van der Waals surface area contributed by atoms with E-state index in [1.165, 1.54) is 0 Å². The highest BCUT2D eigenvalue weighted by atomic mass is 35.5. The third-order valence-corrected chi connectivity index (χ3v) is 4.13. The van der Waals surface area contributed by atoms with Gasteiger partial charge in [0, 0.05) is 23.7 Å². The Hall–Kier alpha value is -1.59. The highest BCUT2D eigenvalue weighted by Crippen LogP contribution is 2.36. The zero-order valence-electron chi connectivity index (χ0n) is 12.9. The molecule has 1 saturated carbocycles. The Morgan fingerprint density at radius 3 is 2.64 bits per heavy atom. The zero-order valence-corrected chi connectivity index (χ0v) is 13.7. The van der Waals surface area contributed by atoms with Crippen molar-refractivity contribution in [2.75, 3.05) is 13.1 Å². The van der Waals surface area contributed by atoms with Gasteiger partial charge in [-0.1, -0.05) is 29.8 Å². The predicted octanol–water partition coefficient (Wildman–Crippen LogP) is 2.71. The fourth-order valence-electron chi connectivity index (χ4n) is 2.52. The van der Waals surface area contributed by atoms with Crippen molar-refractivity contribution in [2.24, 2.45) is 0 Å². The van der Waals surface area contributed by atoms with Crippen molar-refractivity contribution < 1.29 is 9.59 Å². The molecule has 1 aliphatic rings. The van der Waals surface area contributed by atoms with Gasteiger partial charge < -0.3 is 5.32 Å². The minimum Gasteiger partial charge on any atom is -0.338 e. The number of nitrogens with zero attached hydrogens (tertiary/aromatic N) is 1. The minimum atomic E-state index is -0.450. The largest absolute Gasteiger partial charge is 0.338 e. The van der Waals surface area contributed by atoms with Crippen LogP contribution in [0.2, 0.25) is 5.02 Å². The fraction of sp³-hybridized carbons (Fsp3) is 0.500. The number of benzene rings is 1. The molecule has 1 atom stereocenters. The van der Waals surface area contributed by atoms with Gasteiger partial charge in [-0.25, -0.2) is 4.79 Å². The lowest BCUT2D eigenvalue weighted by Gasteiger charge is -2.29. The lowest BCUT2D eigenvalue weighted by atomic mass is 10.1. The second-order valence-corrected chi connectivity index (χ2v) is 5.92. The Bertz CT molecular complexity index is 546. The summed E-state index contributed by atoms with van der Waals surface area (Å²) in [5.74, 6) is -0.295. The number of carbonyl (C=O) groups excluding carboxylic acids is 2. The monoisotopic (exact) mass is 323 g/mol. The summed E-state index contributed by atoms with van der Waals surface area (Å²) in [4.78, 5) is 25.6. The number of hydrogen-bond donors (Lipinski definition) is 2. The third kappa shape index (κ3) is 4.45. The molecule has 120 valence electrons. The van der Waals surface area contributed by atoms with E-state index in [1.807, 2.05) is 31.2 Å². The van der Waals surface area contributed by atoms with Gasteiger partial charge in [-0.05, 0) is 38.3 Å². The molecule has 22 heavy (non-hydrogen) atoms. The molecule has 0 saturated heterocycles. The molecule has 1 unspecified atom stereocenters. The summed E-state index contributed by atoms with van der Waals surface area (Å²) in [6.07, 6.45) is 2.15. The molecule has 0 radical (unpaired) electrons. The number of imide groups is 1. The summed E-state index contributed by atoms with van der Waals surface area (Å²) in [6.45, 7) is 4.52. The maximum Gasteiger partial charge on any atom is 0.321 e. The van der Waals surface area contributed by atoms with E-state index in [4.69, 9.17) is 11.6 Å². The van der Waals surface area contributed by atoms with Gasteiger partial charge in [0.05, 0.1) is 6.54 Å². The van der Waals surface area contributed by atoms with Crippen LogP contribution in [-0.4, -0.2) is 36.0 Å². The molecule has 0 aliphatic heterocycles. The number of nitrogens with one attached hydrogen (secondary N) is 2. The van der Waals surface area contributed by atoms with E-state index in [-0.39, 0.29) is 18.5 Å². The predicted molar refractivity (Wildman–Crippen MR) is 86.8 cm³/mol. The van der Waals surface area contributed by atoms with Crippen molar-refractivity contribution in [3.05, 3.63) is 34.9 Å². The molecule has 1 fully saturated rings. The molecular formula is C16H22ClN3O2. The van der Waals surface area contributed by atoms with Crippen LogP contribution < -0.4 is 10.6 Å². The van der Waals surface area contributed by atoms with E-state index in [1.54, 1.807) is 6.92 Å². The summed E-state index contributed by atoms with van der Waals surface area (Å²) in [6, 6.07) is 7.62. The van der Waals surface area contributed by atoms with Crippen molar-refractivity contribution in [1.82, 2.24) is 15.5 Å². The fourth-order valence-corrected chi connectivity index (χ4v) is 2.81. The Kier molecular flexibility index (Phi) is 5.80. The number of rotatable bonds is 6. The summed E-state index contributed by atoms with van der Waals surface area (Å²) in [7, 11) is 0. The molecule has 0 bridgehead atoms. The average Bonchev–Trinajstić information content (AvgIpc) is 3.29. The molecule has 6 heteroatoms. The normalized spacial score (nSPS) is 15.5. The smallest absolute Gasteiger partial charge is 0.321 e. The molecule has 2 rings (SSSR count). The van der Waals surface area contributed by atoms with E-state index in [2.05, 4.69) is 15.5 Å². The molecule has 0 spiro atoms. The Balaban J connectivity index is 2.02. The summed E-state index contributed by atoms with van der Waals surface area (Å²) in [5.41, 5.74) is 1.00. The van der Waals surface area contributed by atoms with Crippen molar-refractivity contribution in [3.8, 4) is 0 Å². The van der Waals surface area contributed by atoms with E-state index in [0.29, 0.717) is 17.6 Å². The molecule has 0 aromatic heterocycles. The molecule has 3 amide bonds. The van der Waals surface area contributed by atoms with Crippen LogP contribution in [0.25, 0.3) is 0 Å². The average molecular weight is 324 g/mol. The van der Waals surface area contributed by atoms with Crippen molar-refractivity contribution in [1.29, 1.82) is 0 Å². The number of hydrogen-bond acceptors (Lipinski definition) is 3. The number of halogens is 1. The molecule has 2 N–H and O–H groups in total. The van der Waals surface area contributed by atoms with Gasteiger partial charge in [-0.2, -0.15) is 0 Å². The Morgan fingerprint density at radius 2 is 2.05 bits per heavy atom. The van der Waals surface area contributed by atoms with Gasteiger partial charge in [-0.15, -0.1) is 0 Å². The summed E-state index contributed by atoms with van der Waals surface area (Å²) >= 11 is 6.26. The minimum absolute atomic E-state index is 0.0289. The number of urea groups is 1. The van der Waals surface area contributed by atoms with Crippen LogP contribution in [0.3, 0.4) is 0 Å². The first-order valence-corrected chi connectivity index (χ1v) is 7.98. The van der Waals surface area contributed by atoms with Crippen molar-refractivity contribution in [2.45, 2.75) is 38.8 Å². The molecular weight excluding hydrogens is 302 g/mol.